The topological polar surface area (TPSA) is 74.9 Å². The monoisotopic (exact) mass is 895 g/mol. The van der Waals surface area contributed by atoms with Crippen LogP contribution < -0.4 is 9.47 Å². The Kier molecular flexibility index (Phi) is 8.77. The normalized spacial score (nSPS) is 24.9. The Morgan fingerprint density at radius 2 is 1.12 bits per heavy atom. The predicted octanol–water partition coefficient (Wildman–Crippen LogP) is 10.2. The zero-order valence-corrected chi connectivity index (χ0v) is 37.1. The van der Waals surface area contributed by atoms with Crippen LogP contribution >= 0.6 is 37.2 Å². The maximum atomic E-state index is 15.6. The summed E-state index contributed by atoms with van der Waals surface area (Å²) in [4.78, 5) is 38.9. The number of fused-ring (bicyclic) bond motifs is 5. The third-order valence-corrected chi connectivity index (χ3v) is 12.6. The standard InChI is InChI=1S/C40H55N3O4.I2/c1-19-20(2)23(5)29-26(21(19)3)28-32(41-29)39(17,27-22(4)24(6)30-31(25(27)7)47-38(15,16)46-30)43-33(44)37(13,14)42(35(8,9)10)34(45)40(43,18)36(28,11)12;1-2/h41H,1-18H3;/t39-,40+;/m1./s1. The number of halogens is 2. The van der Waals surface area contributed by atoms with Gasteiger partial charge in [0.25, 0.3) is 5.91 Å². The van der Waals surface area contributed by atoms with Crippen LogP contribution in [0.1, 0.15) is 132 Å². The minimum Gasteiger partial charge on any atom is -0.449 e. The molecule has 3 aliphatic heterocycles. The molecule has 1 saturated heterocycles. The van der Waals surface area contributed by atoms with Gasteiger partial charge in [0.15, 0.2) is 11.5 Å². The van der Waals surface area contributed by atoms with Crippen molar-refractivity contribution in [1.29, 1.82) is 0 Å². The largest absolute Gasteiger partial charge is 0.449 e. The van der Waals surface area contributed by atoms with E-state index in [1.54, 1.807) is 0 Å². The van der Waals surface area contributed by atoms with Crippen molar-refractivity contribution in [2.45, 2.75) is 158 Å². The lowest BCUT2D eigenvalue weighted by Crippen LogP contribution is -2.84. The Morgan fingerprint density at radius 3 is 1.63 bits per heavy atom. The predicted molar refractivity (Wildman–Crippen MR) is 217 cm³/mol. The first-order chi connectivity index (χ1) is 22.2. The van der Waals surface area contributed by atoms with E-state index in [0.29, 0.717) is 5.75 Å². The third kappa shape index (κ3) is 4.60. The number of hydrogen-bond acceptors (Lipinski definition) is 4. The molecule has 2 atom stereocenters. The highest BCUT2D eigenvalue weighted by molar-refractivity contribution is 15.0. The van der Waals surface area contributed by atoms with Crippen molar-refractivity contribution in [1.82, 2.24) is 14.8 Å². The van der Waals surface area contributed by atoms with Gasteiger partial charge in [-0.05, 0) is 141 Å². The van der Waals surface area contributed by atoms with Crippen molar-refractivity contribution in [2.24, 2.45) is 0 Å². The molecule has 1 aromatic heterocycles. The SMILES string of the molecule is Cc1c(C)c([C@]2(C)c3[nH]c4c(C)c(C)c(C)c(C)c4c3C(C)(C)[C@]3(C)C(=O)N(C(C)(C)C)C(C)(C)C(=O)N23)c(C)c2c1OC(C)(C)O2.II. The van der Waals surface area contributed by atoms with Gasteiger partial charge in [0.2, 0.25) is 11.7 Å². The second kappa shape index (κ2) is 11.2. The number of nitrogens with one attached hydrogen (secondary N) is 1. The first kappa shape index (κ1) is 38.2. The van der Waals surface area contributed by atoms with Crippen LogP contribution in [-0.2, 0) is 20.5 Å². The molecule has 0 saturated carbocycles. The van der Waals surface area contributed by atoms with Gasteiger partial charge in [-0.15, -0.1) is 0 Å². The molecule has 2 amide bonds. The minimum absolute atomic E-state index is 0.0436. The molecule has 9 heteroatoms. The second-order valence-corrected chi connectivity index (χ2v) is 17.4. The number of aromatic amines is 1. The van der Waals surface area contributed by atoms with E-state index >= 15 is 9.59 Å². The van der Waals surface area contributed by atoms with Gasteiger partial charge in [0, 0.05) is 78.5 Å². The van der Waals surface area contributed by atoms with E-state index in [-0.39, 0.29) is 11.8 Å². The van der Waals surface area contributed by atoms with Crippen LogP contribution in [0, 0.1) is 48.5 Å². The molecule has 1 fully saturated rings. The van der Waals surface area contributed by atoms with Crippen molar-refractivity contribution >= 4 is 59.9 Å². The Labute approximate surface area is 316 Å². The lowest BCUT2D eigenvalue weighted by molar-refractivity contribution is -0.200. The molecular weight excluding hydrogens is 840 g/mol. The summed E-state index contributed by atoms with van der Waals surface area (Å²) < 4.78 is 12.8. The van der Waals surface area contributed by atoms with Gasteiger partial charge in [0.05, 0.1) is 5.69 Å². The van der Waals surface area contributed by atoms with E-state index in [1.807, 2.05) is 65.2 Å². The Bertz CT molecular complexity index is 1960. The number of hydrogen-bond donors (Lipinski definition) is 1. The van der Waals surface area contributed by atoms with E-state index in [1.165, 1.54) is 22.3 Å². The zero-order chi connectivity index (χ0) is 37.5. The van der Waals surface area contributed by atoms with Crippen LogP contribution in [0.2, 0.25) is 0 Å². The molecular formula is C40H55I2N3O4. The molecule has 0 radical (unpaired) electrons. The fourth-order valence-electron chi connectivity index (χ4n) is 9.74. The number of ether oxygens (including phenoxy) is 2. The maximum absolute atomic E-state index is 15.6. The van der Waals surface area contributed by atoms with Gasteiger partial charge >= 0.3 is 0 Å². The van der Waals surface area contributed by atoms with Crippen LogP contribution in [-0.4, -0.2) is 49.0 Å². The van der Waals surface area contributed by atoms with E-state index in [0.717, 1.165) is 50.2 Å². The molecule has 1 N–H and O–H groups in total. The summed E-state index contributed by atoms with van der Waals surface area (Å²) in [6, 6.07) is 0. The molecule has 6 rings (SSSR count). The molecule has 7 nitrogen and oxygen atoms in total. The highest BCUT2D eigenvalue weighted by atomic mass is 128. The van der Waals surface area contributed by atoms with Crippen LogP contribution in [0.5, 0.6) is 11.5 Å². The smallest absolute Gasteiger partial charge is 0.250 e. The average Bonchev–Trinajstić information content (AvgIpc) is 3.56. The van der Waals surface area contributed by atoms with E-state index in [9.17, 15) is 0 Å². The summed E-state index contributed by atoms with van der Waals surface area (Å²) in [7, 11) is 0. The van der Waals surface area contributed by atoms with Crippen molar-refractivity contribution in [3.05, 3.63) is 55.8 Å². The average molecular weight is 896 g/mol. The zero-order valence-electron chi connectivity index (χ0n) is 32.8. The Balaban J connectivity index is 0.00000230. The van der Waals surface area contributed by atoms with Crippen LogP contribution in [0.3, 0.4) is 0 Å². The van der Waals surface area contributed by atoms with Gasteiger partial charge in [-0.25, -0.2) is 0 Å². The Morgan fingerprint density at radius 1 is 0.633 bits per heavy atom. The molecule has 0 aliphatic carbocycles. The highest BCUT2D eigenvalue weighted by Crippen LogP contribution is 2.63. The van der Waals surface area contributed by atoms with Gasteiger partial charge < -0.3 is 24.3 Å². The van der Waals surface area contributed by atoms with Crippen LogP contribution in [0.25, 0.3) is 10.9 Å². The molecule has 0 unspecified atom stereocenters. The van der Waals surface area contributed by atoms with Crippen LogP contribution in [0.15, 0.2) is 0 Å². The first-order valence-electron chi connectivity index (χ1n) is 17.2. The summed E-state index contributed by atoms with van der Waals surface area (Å²) in [5.41, 5.74) is 7.09. The minimum atomic E-state index is -1.24. The van der Waals surface area contributed by atoms with Crippen molar-refractivity contribution in [3.63, 3.8) is 0 Å². The number of carbonyl (C=O) groups is 2. The highest BCUT2D eigenvalue weighted by Gasteiger charge is 2.72. The van der Waals surface area contributed by atoms with Crippen molar-refractivity contribution in [2.75, 3.05) is 0 Å². The van der Waals surface area contributed by atoms with Crippen molar-refractivity contribution in [3.8, 4) is 11.5 Å². The Hall–Kier alpha value is -2.02. The molecule has 268 valence electrons. The first-order valence-corrected chi connectivity index (χ1v) is 23.5. The molecule has 2 aromatic carbocycles. The number of aryl methyl sites for hydroxylation is 2. The fourth-order valence-corrected chi connectivity index (χ4v) is 9.74. The number of amides is 2. The summed E-state index contributed by atoms with van der Waals surface area (Å²) in [5, 5.41) is 1.15. The number of piperazine rings is 1. The quantitative estimate of drug-likeness (QED) is 0.247. The molecule has 0 bridgehead atoms. The number of carbonyl (C=O) groups excluding carboxylic acids is 2. The molecule has 3 aromatic rings. The fraction of sp³-hybridized carbons (Fsp3) is 0.600. The van der Waals surface area contributed by atoms with E-state index in [4.69, 9.17) is 9.47 Å². The van der Waals surface area contributed by atoms with Gasteiger partial charge in [-0.3, -0.25) is 9.59 Å². The summed E-state index contributed by atoms with van der Waals surface area (Å²) in [6.45, 7) is 37.2. The van der Waals surface area contributed by atoms with Crippen LogP contribution in [0.4, 0.5) is 0 Å². The van der Waals surface area contributed by atoms with Crippen molar-refractivity contribution < 1.29 is 19.1 Å². The lowest BCUT2D eigenvalue weighted by atomic mass is 9.56. The molecule has 49 heavy (non-hydrogen) atoms. The third-order valence-electron chi connectivity index (χ3n) is 12.6. The second-order valence-electron chi connectivity index (χ2n) is 17.4. The summed E-state index contributed by atoms with van der Waals surface area (Å²) in [5.74, 6) is 0.493. The number of nitrogens with zero attached hydrogens (tertiary/aromatic N) is 2. The van der Waals surface area contributed by atoms with E-state index in [2.05, 4.69) is 111 Å². The lowest BCUT2D eigenvalue weighted by Gasteiger charge is -2.68. The summed E-state index contributed by atoms with van der Waals surface area (Å²) in [6.07, 6.45) is 0. The van der Waals surface area contributed by atoms with Gasteiger partial charge in [-0.2, -0.15) is 0 Å². The van der Waals surface area contributed by atoms with E-state index < -0.39 is 33.4 Å². The number of aromatic nitrogens is 1. The van der Waals surface area contributed by atoms with Gasteiger partial charge in [0.1, 0.15) is 16.6 Å². The number of H-pyrrole nitrogens is 1. The number of rotatable bonds is 1. The maximum Gasteiger partial charge on any atom is 0.250 e. The molecule has 4 heterocycles. The number of benzene rings is 2. The van der Waals surface area contributed by atoms with Gasteiger partial charge in [-0.1, -0.05) is 13.8 Å². The summed E-state index contributed by atoms with van der Waals surface area (Å²) >= 11 is 4.24. The molecule has 3 aliphatic rings. The molecule has 0 spiro atoms.